The van der Waals surface area contributed by atoms with Gasteiger partial charge in [-0.1, -0.05) is 30.0 Å². The normalized spacial score (nSPS) is 23.8. The summed E-state index contributed by atoms with van der Waals surface area (Å²) in [7, 11) is 0. The molecular weight excluding hydrogens is 512 g/mol. The number of thioether (sulfide) groups is 2. The van der Waals surface area contributed by atoms with E-state index in [1.165, 1.54) is 50.8 Å². The standard InChI is InChI=1S/C21H18N6O5S3/c28-13-7-16(35-14-4-2-1-3-12(13)14)33-6-5-21(20(31)32)9-27-18(30)17(19(27)34-10-21)23-15(29)8-26-11-22-24-25-26/h1-7,11,17,19H,8-10H2,(H,23,29)(H,31,32)/t17?,19-,21?/m1/s1. The van der Waals surface area contributed by atoms with Crippen LogP contribution in [0.1, 0.15) is 0 Å². The Bertz CT molecular complexity index is 1390. The van der Waals surface area contributed by atoms with Gasteiger partial charge in [-0.05, 0) is 28.0 Å². The summed E-state index contributed by atoms with van der Waals surface area (Å²) in [6.07, 6.45) is 2.89. The number of tetrazole rings is 1. The third kappa shape index (κ3) is 4.56. The lowest BCUT2D eigenvalue weighted by Crippen LogP contribution is -2.73. The number of β-lactam (4-membered cyclic amide) rings is 1. The average molecular weight is 531 g/mol. The molecule has 14 heteroatoms. The van der Waals surface area contributed by atoms with Crippen LogP contribution in [0.4, 0.5) is 0 Å². The van der Waals surface area contributed by atoms with E-state index in [9.17, 15) is 24.3 Å². The maximum Gasteiger partial charge on any atom is 0.316 e. The lowest BCUT2D eigenvalue weighted by Gasteiger charge is -2.53. The van der Waals surface area contributed by atoms with Gasteiger partial charge in [0.05, 0.1) is 4.21 Å². The Balaban J connectivity index is 1.25. The fourth-order valence-electron chi connectivity index (χ4n) is 3.89. The molecule has 3 aromatic rings. The van der Waals surface area contributed by atoms with E-state index in [1.807, 2.05) is 18.2 Å². The first-order valence-corrected chi connectivity index (χ1v) is 13.1. The molecule has 0 radical (unpaired) electrons. The van der Waals surface area contributed by atoms with Crippen LogP contribution in [0.2, 0.25) is 0 Å². The Morgan fingerprint density at radius 1 is 1.31 bits per heavy atom. The van der Waals surface area contributed by atoms with Crippen molar-refractivity contribution < 1.29 is 19.5 Å². The van der Waals surface area contributed by atoms with Gasteiger partial charge in [-0.2, -0.15) is 0 Å². The zero-order valence-electron chi connectivity index (χ0n) is 17.9. The summed E-state index contributed by atoms with van der Waals surface area (Å²) in [6.45, 7) is -0.114. The predicted molar refractivity (Wildman–Crippen MR) is 131 cm³/mol. The maximum atomic E-state index is 12.7. The monoisotopic (exact) mass is 530 g/mol. The number of aromatic nitrogens is 4. The highest BCUT2D eigenvalue weighted by Gasteiger charge is 2.56. The van der Waals surface area contributed by atoms with Gasteiger partial charge in [-0.3, -0.25) is 19.2 Å². The summed E-state index contributed by atoms with van der Waals surface area (Å²) in [6, 6.07) is 8.16. The van der Waals surface area contributed by atoms with Crippen molar-refractivity contribution in [2.75, 3.05) is 12.3 Å². The highest BCUT2D eigenvalue weighted by molar-refractivity contribution is 8.04. The lowest BCUT2D eigenvalue weighted by molar-refractivity contribution is -0.156. The van der Waals surface area contributed by atoms with Crippen molar-refractivity contribution in [2.24, 2.45) is 5.41 Å². The lowest BCUT2D eigenvalue weighted by atomic mass is 9.87. The molecule has 3 atom stereocenters. The van der Waals surface area contributed by atoms with E-state index in [4.69, 9.17) is 0 Å². The minimum atomic E-state index is -1.27. The van der Waals surface area contributed by atoms with Crippen LogP contribution in [0.3, 0.4) is 0 Å². The fraction of sp³-hybridized carbons (Fsp3) is 0.286. The zero-order chi connectivity index (χ0) is 24.6. The summed E-state index contributed by atoms with van der Waals surface area (Å²) >= 11 is 4.05. The number of hydrogen-bond donors (Lipinski definition) is 2. The first-order valence-electron chi connectivity index (χ1n) is 10.4. The van der Waals surface area contributed by atoms with Gasteiger partial charge in [0.1, 0.15) is 29.7 Å². The molecule has 0 aliphatic carbocycles. The van der Waals surface area contributed by atoms with E-state index in [1.54, 1.807) is 23.6 Å². The zero-order valence-corrected chi connectivity index (χ0v) is 20.4. The van der Waals surface area contributed by atoms with Gasteiger partial charge in [0.15, 0.2) is 5.43 Å². The minimum absolute atomic E-state index is 0.00319. The van der Waals surface area contributed by atoms with Crippen molar-refractivity contribution in [3.05, 3.63) is 58.4 Å². The first kappa shape index (κ1) is 23.5. The number of carboxylic acid groups (broad SMARTS) is 1. The van der Waals surface area contributed by atoms with Crippen molar-refractivity contribution in [2.45, 2.75) is 22.2 Å². The number of nitrogens with one attached hydrogen (secondary N) is 1. The summed E-state index contributed by atoms with van der Waals surface area (Å²) in [5.74, 6) is -1.53. The van der Waals surface area contributed by atoms with Crippen LogP contribution in [-0.2, 0) is 20.9 Å². The number of amides is 2. The highest BCUT2D eigenvalue weighted by atomic mass is 32.2. The molecule has 2 unspecified atom stereocenters. The second kappa shape index (κ2) is 9.43. The number of benzene rings is 1. The van der Waals surface area contributed by atoms with Crippen LogP contribution in [0.25, 0.3) is 10.1 Å². The van der Waals surface area contributed by atoms with Crippen molar-refractivity contribution in [1.82, 2.24) is 30.4 Å². The van der Waals surface area contributed by atoms with Gasteiger partial charge in [0, 0.05) is 28.5 Å². The maximum absolute atomic E-state index is 12.7. The molecule has 1 aromatic carbocycles. The topological polar surface area (TPSA) is 147 Å². The van der Waals surface area contributed by atoms with Gasteiger partial charge in [0.25, 0.3) is 0 Å². The highest BCUT2D eigenvalue weighted by Crippen LogP contribution is 2.43. The molecule has 0 saturated carbocycles. The van der Waals surface area contributed by atoms with E-state index in [0.29, 0.717) is 5.39 Å². The van der Waals surface area contributed by atoms with E-state index < -0.39 is 23.3 Å². The Morgan fingerprint density at radius 3 is 2.91 bits per heavy atom. The number of fused-ring (bicyclic) bond motifs is 2. The molecule has 11 nitrogen and oxygen atoms in total. The molecule has 35 heavy (non-hydrogen) atoms. The Labute approximate surface area is 210 Å². The van der Waals surface area contributed by atoms with Gasteiger partial charge in [0.2, 0.25) is 11.8 Å². The molecule has 0 bridgehead atoms. The number of nitrogens with zero attached hydrogens (tertiary/aromatic N) is 5. The Kier molecular flexibility index (Phi) is 6.34. The molecule has 0 spiro atoms. The van der Waals surface area contributed by atoms with Crippen molar-refractivity contribution in [1.29, 1.82) is 0 Å². The number of carboxylic acids is 1. The molecule has 180 valence electrons. The smallest absolute Gasteiger partial charge is 0.316 e. The van der Waals surface area contributed by atoms with E-state index in [2.05, 4.69) is 20.8 Å². The number of rotatable bonds is 7. The summed E-state index contributed by atoms with van der Waals surface area (Å²) in [4.78, 5) is 50.9. The quantitative estimate of drug-likeness (QED) is 0.335. The molecule has 2 aromatic heterocycles. The van der Waals surface area contributed by atoms with Crippen LogP contribution >= 0.6 is 34.9 Å². The van der Waals surface area contributed by atoms with Crippen molar-refractivity contribution in [3.63, 3.8) is 0 Å². The number of carbonyl (C=O) groups excluding carboxylic acids is 2. The van der Waals surface area contributed by atoms with Crippen LogP contribution in [0.5, 0.6) is 0 Å². The predicted octanol–water partition coefficient (Wildman–Crippen LogP) is 1.02. The van der Waals surface area contributed by atoms with E-state index in [-0.39, 0.29) is 35.6 Å². The van der Waals surface area contributed by atoms with Crippen LogP contribution in [0.15, 0.2) is 57.1 Å². The van der Waals surface area contributed by atoms with Gasteiger partial charge in [-0.15, -0.1) is 28.2 Å². The van der Waals surface area contributed by atoms with Gasteiger partial charge in [-0.25, -0.2) is 4.68 Å². The summed E-state index contributed by atoms with van der Waals surface area (Å²) in [5.41, 5.74) is -1.36. The van der Waals surface area contributed by atoms with Crippen LogP contribution in [0, 0.1) is 5.41 Å². The number of aliphatic carboxylic acids is 1. The largest absolute Gasteiger partial charge is 0.481 e. The van der Waals surface area contributed by atoms with E-state index >= 15 is 0 Å². The molecule has 2 N–H and O–H groups in total. The van der Waals surface area contributed by atoms with Crippen molar-refractivity contribution in [3.8, 4) is 0 Å². The molecule has 2 fully saturated rings. The third-order valence-electron chi connectivity index (χ3n) is 5.73. The third-order valence-corrected chi connectivity index (χ3v) is 9.33. The minimum Gasteiger partial charge on any atom is -0.481 e. The molecule has 2 aliphatic heterocycles. The molecular formula is C21H18N6O5S3. The molecule has 2 amide bonds. The molecule has 5 rings (SSSR count). The SMILES string of the molecule is O=C(Cn1cnnn1)NC1C(=O)N2CC(C=CSc3cc(=O)c4ccccc4s3)(C(=O)O)CS[C@H]12. The summed E-state index contributed by atoms with van der Waals surface area (Å²) in [5, 5.41) is 25.2. The molecule has 4 heterocycles. The second-order valence-corrected chi connectivity index (χ2v) is 11.4. The Morgan fingerprint density at radius 2 is 2.14 bits per heavy atom. The fourth-order valence-corrected chi connectivity index (χ4v) is 7.47. The Hall–Kier alpha value is -3.23. The number of carbonyl (C=O) groups is 3. The second-order valence-electron chi connectivity index (χ2n) is 8.03. The molecule has 2 aliphatic rings. The van der Waals surface area contributed by atoms with Crippen LogP contribution < -0.4 is 10.7 Å². The number of hydrogen-bond acceptors (Lipinski definition) is 10. The van der Waals surface area contributed by atoms with Gasteiger partial charge >= 0.3 is 5.97 Å². The van der Waals surface area contributed by atoms with Gasteiger partial charge < -0.3 is 15.3 Å². The summed E-state index contributed by atoms with van der Waals surface area (Å²) < 4.78 is 2.85. The van der Waals surface area contributed by atoms with E-state index in [0.717, 1.165) is 8.91 Å². The molecule has 2 saturated heterocycles. The van der Waals surface area contributed by atoms with Crippen LogP contribution in [-0.4, -0.2) is 71.7 Å². The van der Waals surface area contributed by atoms with Crippen molar-refractivity contribution >= 4 is 62.7 Å². The average Bonchev–Trinajstić information content (AvgIpc) is 3.35. The first-order chi connectivity index (χ1) is 16.9.